The molecular formula is C19H19ClN2O4S. The number of carbonyl (C=O) groups excluding carboxylic acids is 3. The highest BCUT2D eigenvalue weighted by molar-refractivity contribution is 7.10. The van der Waals surface area contributed by atoms with Gasteiger partial charge in [-0.3, -0.25) is 9.59 Å². The van der Waals surface area contributed by atoms with Crippen molar-refractivity contribution in [2.24, 2.45) is 0 Å². The highest BCUT2D eigenvalue weighted by Crippen LogP contribution is 2.25. The number of halogens is 1. The first-order chi connectivity index (χ1) is 13.0. The van der Waals surface area contributed by atoms with Crippen molar-refractivity contribution in [1.82, 2.24) is 4.90 Å². The molecule has 0 atom stereocenters. The summed E-state index contributed by atoms with van der Waals surface area (Å²) < 4.78 is 4.66. The number of nitrogens with zero attached hydrogens (tertiary/aromatic N) is 1. The standard InChI is InChI=1S/C19H19ClN2O4S/c1-26-19(25)14-10-13(2-3-15(14)20)21-17(23)4-5-18(24)22-8-6-16-12(11-22)7-9-27-16/h2-3,7,9-10H,4-6,8,11H2,1H3,(H,21,23). The average molecular weight is 407 g/mol. The third kappa shape index (κ3) is 4.67. The minimum atomic E-state index is -0.579. The predicted molar refractivity (Wildman–Crippen MR) is 104 cm³/mol. The number of rotatable bonds is 5. The lowest BCUT2D eigenvalue weighted by molar-refractivity contribution is -0.133. The molecule has 1 N–H and O–H groups in total. The van der Waals surface area contributed by atoms with Gasteiger partial charge < -0.3 is 15.0 Å². The number of methoxy groups -OCH3 is 1. The molecule has 2 aromatic rings. The molecule has 0 bridgehead atoms. The lowest BCUT2D eigenvalue weighted by Gasteiger charge is -2.27. The van der Waals surface area contributed by atoms with E-state index < -0.39 is 5.97 Å². The van der Waals surface area contributed by atoms with Crippen molar-refractivity contribution < 1.29 is 19.1 Å². The van der Waals surface area contributed by atoms with Gasteiger partial charge >= 0.3 is 5.97 Å². The van der Waals surface area contributed by atoms with Gasteiger partial charge in [-0.25, -0.2) is 4.79 Å². The van der Waals surface area contributed by atoms with Crippen LogP contribution in [0.15, 0.2) is 29.6 Å². The van der Waals surface area contributed by atoms with Crippen LogP contribution < -0.4 is 5.32 Å². The smallest absolute Gasteiger partial charge is 0.339 e. The lowest BCUT2D eigenvalue weighted by atomic mass is 10.1. The lowest BCUT2D eigenvalue weighted by Crippen LogP contribution is -2.35. The molecule has 1 aromatic carbocycles. The van der Waals surface area contributed by atoms with E-state index in [0.717, 1.165) is 6.42 Å². The van der Waals surface area contributed by atoms with Crippen LogP contribution in [-0.2, 0) is 27.3 Å². The number of amides is 2. The molecule has 142 valence electrons. The Bertz CT molecular complexity index is 880. The molecule has 1 aromatic heterocycles. The normalized spacial score (nSPS) is 13.0. The molecule has 0 fully saturated rings. The van der Waals surface area contributed by atoms with Crippen LogP contribution in [0.5, 0.6) is 0 Å². The SMILES string of the molecule is COC(=O)c1cc(NC(=O)CCC(=O)N2CCc3sccc3C2)ccc1Cl. The topological polar surface area (TPSA) is 75.7 Å². The summed E-state index contributed by atoms with van der Waals surface area (Å²) in [6.07, 6.45) is 1.08. The highest BCUT2D eigenvalue weighted by atomic mass is 35.5. The van der Waals surface area contributed by atoms with E-state index in [2.05, 4.69) is 10.1 Å². The summed E-state index contributed by atoms with van der Waals surface area (Å²) in [5, 5.41) is 4.97. The van der Waals surface area contributed by atoms with Crippen LogP contribution in [0.1, 0.15) is 33.6 Å². The Morgan fingerprint density at radius 1 is 1.26 bits per heavy atom. The summed E-state index contributed by atoms with van der Waals surface area (Å²) in [5.74, 6) is -0.910. The van der Waals surface area contributed by atoms with E-state index in [0.29, 0.717) is 18.8 Å². The van der Waals surface area contributed by atoms with Gasteiger partial charge in [0.05, 0.1) is 17.7 Å². The molecule has 0 spiro atoms. The van der Waals surface area contributed by atoms with Crippen molar-refractivity contribution in [3.63, 3.8) is 0 Å². The fraction of sp³-hybridized carbons (Fsp3) is 0.316. The van der Waals surface area contributed by atoms with Crippen LogP contribution in [0, 0.1) is 0 Å². The first-order valence-corrected chi connectivity index (χ1v) is 9.74. The molecule has 0 saturated carbocycles. The summed E-state index contributed by atoms with van der Waals surface area (Å²) in [5.41, 5.74) is 1.80. The molecule has 6 nitrogen and oxygen atoms in total. The zero-order chi connectivity index (χ0) is 19.4. The van der Waals surface area contributed by atoms with Gasteiger partial charge in [-0.15, -0.1) is 11.3 Å². The van der Waals surface area contributed by atoms with Gasteiger partial charge in [-0.1, -0.05) is 11.6 Å². The Morgan fingerprint density at radius 2 is 2.07 bits per heavy atom. The quantitative estimate of drug-likeness (QED) is 0.771. The average Bonchev–Trinajstić information content (AvgIpc) is 3.14. The molecular weight excluding hydrogens is 388 g/mol. The highest BCUT2D eigenvalue weighted by Gasteiger charge is 2.22. The van der Waals surface area contributed by atoms with Gasteiger partial charge in [0.2, 0.25) is 11.8 Å². The molecule has 1 aliphatic heterocycles. The Balaban J connectivity index is 1.53. The molecule has 0 radical (unpaired) electrons. The van der Waals surface area contributed by atoms with Crippen LogP contribution in [0.2, 0.25) is 5.02 Å². The van der Waals surface area contributed by atoms with Crippen molar-refractivity contribution >= 4 is 46.4 Å². The zero-order valence-corrected chi connectivity index (χ0v) is 16.4. The molecule has 27 heavy (non-hydrogen) atoms. The van der Waals surface area contributed by atoms with E-state index in [1.54, 1.807) is 22.3 Å². The van der Waals surface area contributed by atoms with E-state index >= 15 is 0 Å². The number of anilines is 1. The Kier molecular flexibility index (Phi) is 6.13. The molecule has 0 aliphatic carbocycles. The molecule has 2 amide bonds. The third-order valence-corrected chi connectivity index (χ3v) is 5.73. The first-order valence-electron chi connectivity index (χ1n) is 8.48. The largest absolute Gasteiger partial charge is 0.465 e. The van der Waals surface area contributed by atoms with Crippen LogP contribution >= 0.6 is 22.9 Å². The first kappa shape index (κ1) is 19.4. The fourth-order valence-corrected chi connectivity index (χ4v) is 4.02. The Morgan fingerprint density at radius 3 is 2.85 bits per heavy atom. The summed E-state index contributed by atoms with van der Waals surface area (Å²) >= 11 is 7.68. The number of carbonyl (C=O) groups is 3. The van der Waals surface area contributed by atoms with Crippen LogP contribution in [0.3, 0.4) is 0 Å². The van der Waals surface area contributed by atoms with Gasteiger partial charge in [-0.2, -0.15) is 0 Å². The molecule has 3 rings (SSSR count). The maximum atomic E-state index is 12.4. The van der Waals surface area contributed by atoms with E-state index in [-0.39, 0.29) is 35.2 Å². The van der Waals surface area contributed by atoms with Crippen molar-refractivity contribution in [2.75, 3.05) is 19.0 Å². The van der Waals surface area contributed by atoms with Gasteiger partial charge in [0.25, 0.3) is 0 Å². The van der Waals surface area contributed by atoms with Gasteiger partial charge in [0.1, 0.15) is 0 Å². The molecule has 1 aliphatic rings. The molecule has 8 heteroatoms. The number of hydrogen-bond acceptors (Lipinski definition) is 5. The second-order valence-electron chi connectivity index (χ2n) is 6.17. The monoisotopic (exact) mass is 406 g/mol. The van der Waals surface area contributed by atoms with E-state index in [9.17, 15) is 14.4 Å². The van der Waals surface area contributed by atoms with Crippen molar-refractivity contribution in [2.45, 2.75) is 25.8 Å². The Hall–Kier alpha value is -2.38. The number of thiophene rings is 1. The second kappa shape index (κ2) is 8.54. The van der Waals surface area contributed by atoms with Gasteiger partial charge in [-0.05, 0) is 41.6 Å². The fourth-order valence-electron chi connectivity index (χ4n) is 2.93. The minimum Gasteiger partial charge on any atom is -0.465 e. The predicted octanol–water partition coefficient (Wildman–Crippen LogP) is 3.49. The minimum absolute atomic E-state index is 0.0339. The van der Waals surface area contributed by atoms with Crippen LogP contribution in [0.4, 0.5) is 5.69 Å². The third-order valence-electron chi connectivity index (χ3n) is 4.38. The van der Waals surface area contributed by atoms with E-state index in [1.807, 2.05) is 11.4 Å². The number of hydrogen-bond donors (Lipinski definition) is 1. The van der Waals surface area contributed by atoms with Gasteiger partial charge in [0, 0.05) is 36.5 Å². The maximum absolute atomic E-state index is 12.4. The van der Waals surface area contributed by atoms with Gasteiger partial charge in [0.15, 0.2) is 0 Å². The van der Waals surface area contributed by atoms with Crippen molar-refractivity contribution in [1.29, 1.82) is 0 Å². The maximum Gasteiger partial charge on any atom is 0.339 e. The Labute approximate surface area is 166 Å². The number of nitrogens with one attached hydrogen (secondary N) is 1. The number of ether oxygens (including phenoxy) is 1. The van der Waals surface area contributed by atoms with Crippen LogP contribution in [0.25, 0.3) is 0 Å². The van der Waals surface area contributed by atoms with Crippen LogP contribution in [-0.4, -0.2) is 36.3 Å². The second-order valence-corrected chi connectivity index (χ2v) is 7.58. The van der Waals surface area contributed by atoms with Crippen molar-refractivity contribution in [3.05, 3.63) is 50.7 Å². The molecule has 0 unspecified atom stereocenters. The summed E-state index contributed by atoms with van der Waals surface area (Å²) in [6, 6.07) is 6.61. The van der Waals surface area contributed by atoms with Crippen molar-refractivity contribution in [3.8, 4) is 0 Å². The van der Waals surface area contributed by atoms with E-state index in [4.69, 9.17) is 11.6 Å². The van der Waals surface area contributed by atoms with E-state index in [1.165, 1.54) is 29.7 Å². The summed E-state index contributed by atoms with van der Waals surface area (Å²) in [7, 11) is 1.26. The summed E-state index contributed by atoms with van der Waals surface area (Å²) in [6.45, 7) is 1.30. The molecule has 2 heterocycles. The number of fused-ring (bicyclic) bond motifs is 1. The number of esters is 1. The summed E-state index contributed by atoms with van der Waals surface area (Å²) in [4.78, 5) is 39.3. The zero-order valence-electron chi connectivity index (χ0n) is 14.8. The molecule has 0 saturated heterocycles. The number of benzene rings is 1.